The summed E-state index contributed by atoms with van der Waals surface area (Å²) in [4.78, 5) is 12.0. The molecule has 0 aliphatic carbocycles. The highest BCUT2D eigenvalue weighted by atomic mass is 35.5. The van der Waals surface area contributed by atoms with Crippen molar-refractivity contribution in [2.45, 2.75) is 26.8 Å². The van der Waals surface area contributed by atoms with Gasteiger partial charge in [-0.05, 0) is 32.4 Å². The Bertz CT molecular complexity index is 404. The van der Waals surface area contributed by atoms with Crippen molar-refractivity contribution < 1.29 is 4.79 Å². The average Bonchev–Trinajstić information content (AvgIpc) is 2.29. The molecule has 1 atom stereocenters. The van der Waals surface area contributed by atoms with E-state index in [1.54, 1.807) is 0 Å². The highest BCUT2D eigenvalue weighted by molar-refractivity contribution is 6.31. The Morgan fingerprint density at radius 1 is 1.41 bits per heavy atom. The van der Waals surface area contributed by atoms with Gasteiger partial charge in [0.2, 0.25) is 5.91 Å². The minimum Gasteiger partial charge on any atom is -0.349 e. The van der Waals surface area contributed by atoms with Crippen LogP contribution in [-0.2, 0) is 4.79 Å². The molecule has 4 heteroatoms. The number of benzene rings is 1. The molecule has 0 saturated heterocycles. The zero-order valence-corrected chi connectivity index (χ0v) is 11.8. The van der Waals surface area contributed by atoms with Gasteiger partial charge in [-0.1, -0.05) is 29.8 Å². The van der Waals surface area contributed by atoms with Crippen LogP contribution < -0.4 is 5.32 Å². The lowest BCUT2D eigenvalue weighted by Crippen LogP contribution is -2.39. The van der Waals surface area contributed by atoms with Crippen molar-refractivity contribution in [2.75, 3.05) is 5.88 Å². The van der Waals surface area contributed by atoms with Gasteiger partial charge in [-0.25, -0.2) is 0 Å². The van der Waals surface area contributed by atoms with Crippen LogP contribution in [0.3, 0.4) is 0 Å². The first-order valence-corrected chi connectivity index (χ1v) is 6.41. The van der Waals surface area contributed by atoms with E-state index in [1.807, 2.05) is 45.0 Å². The number of alkyl halides is 1. The molecule has 2 nitrogen and oxygen atoms in total. The van der Waals surface area contributed by atoms with E-state index in [4.69, 9.17) is 23.2 Å². The van der Waals surface area contributed by atoms with Crippen LogP contribution in [0, 0.1) is 5.41 Å². The fourth-order valence-electron chi connectivity index (χ4n) is 1.36. The fraction of sp³-hybridized carbons (Fsp3) is 0.462. The van der Waals surface area contributed by atoms with E-state index in [0.29, 0.717) is 5.02 Å². The minimum absolute atomic E-state index is 0.0695. The summed E-state index contributed by atoms with van der Waals surface area (Å²) in [6.45, 7) is 5.53. The number of carbonyl (C=O) groups excluding carboxylic acids is 1. The molecular formula is C13H17Cl2NO. The summed E-state index contributed by atoms with van der Waals surface area (Å²) >= 11 is 11.8. The van der Waals surface area contributed by atoms with Gasteiger partial charge in [0.15, 0.2) is 0 Å². The molecule has 0 radical (unpaired) electrons. The standard InChI is InChI=1S/C13H17Cl2NO/c1-9(10-6-4-5-7-11(10)15)16-12(17)13(2,3)8-14/h4-7,9H,8H2,1-3H3,(H,16,17). The quantitative estimate of drug-likeness (QED) is 0.832. The molecule has 1 aromatic rings. The van der Waals surface area contributed by atoms with Crippen LogP contribution in [0.4, 0.5) is 0 Å². The summed E-state index contributed by atoms with van der Waals surface area (Å²) in [5, 5.41) is 3.58. The van der Waals surface area contributed by atoms with Crippen LogP contribution >= 0.6 is 23.2 Å². The highest BCUT2D eigenvalue weighted by Gasteiger charge is 2.27. The first-order chi connectivity index (χ1) is 7.88. The molecule has 94 valence electrons. The van der Waals surface area contributed by atoms with E-state index < -0.39 is 5.41 Å². The Balaban J connectivity index is 2.77. The summed E-state index contributed by atoms with van der Waals surface area (Å²) in [5.41, 5.74) is 0.338. The maximum absolute atomic E-state index is 12.0. The van der Waals surface area contributed by atoms with E-state index in [2.05, 4.69) is 5.32 Å². The molecule has 1 N–H and O–H groups in total. The maximum Gasteiger partial charge on any atom is 0.227 e. The first-order valence-electron chi connectivity index (χ1n) is 5.50. The highest BCUT2D eigenvalue weighted by Crippen LogP contribution is 2.24. The number of hydrogen-bond donors (Lipinski definition) is 1. The molecule has 0 bridgehead atoms. The maximum atomic E-state index is 12.0. The zero-order valence-electron chi connectivity index (χ0n) is 10.3. The monoisotopic (exact) mass is 273 g/mol. The molecule has 1 unspecified atom stereocenters. The molecule has 0 heterocycles. The van der Waals surface area contributed by atoms with Crippen molar-refractivity contribution >= 4 is 29.1 Å². The Morgan fingerprint density at radius 3 is 2.53 bits per heavy atom. The van der Waals surface area contributed by atoms with Gasteiger partial charge in [0, 0.05) is 10.9 Å². The van der Waals surface area contributed by atoms with Gasteiger partial charge >= 0.3 is 0 Å². The number of carbonyl (C=O) groups is 1. The van der Waals surface area contributed by atoms with Crippen molar-refractivity contribution in [3.63, 3.8) is 0 Å². The van der Waals surface area contributed by atoms with Gasteiger partial charge in [0.1, 0.15) is 0 Å². The number of halogens is 2. The molecule has 0 spiro atoms. The Kier molecular flexibility index (Phi) is 4.84. The smallest absolute Gasteiger partial charge is 0.227 e. The average molecular weight is 274 g/mol. The van der Waals surface area contributed by atoms with E-state index in [1.165, 1.54) is 0 Å². The summed E-state index contributed by atoms with van der Waals surface area (Å²) in [5.74, 6) is 0.216. The number of hydrogen-bond acceptors (Lipinski definition) is 1. The van der Waals surface area contributed by atoms with Crippen LogP contribution in [0.5, 0.6) is 0 Å². The van der Waals surface area contributed by atoms with E-state index in [0.717, 1.165) is 5.56 Å². The second kappa shape index (κ2) is 5.74. The van der Waals surface area contributed by atoms with Crippen LogP contribution in [-0.4, -0.2) is 11.8 Å². The van der Waals surface area contributed by atoms with Gasteiger partial charge in [0.25, 0.3) is 0 Å². The fourth-order valence-corrected chi connectivity index (χ4v) is 1.78. The largest absolute Gasteiger partial charge is 0.349 e. The van der Waals surface area contributed by atoms with Crippen molar-refractivity contribution in [1.29, 1.82) is 0 Å². The summed E-state index contributed by atoms with van der Waals surface area (Å²) in [6.07, 6.45) is 0. The van der Waals surface area contributed by atoms with Gasteiger partial charge in [-0.3, -0.25) is 4.79 Å². The Labute approximate surface area is 112 Å². The predicted molar refractivity (Wildman–Crippen MR) is 72.5 cm³/mol. The first kappa shape index (κ1) is 14.3. The molecule has 0 aliphatic heterocycles. The lowest BCUT2D eigenvalue weighted by molar-refractivity contribution is -0.129. The van der Waals surface area contributed by atoms with Gasteiger partial charge in [0.05, 0.1) is 11.5 Å². The molecular weight excluding hydrogens is 257 g/mol. The second-order valence-corrected chi connectivity index (χ2v) is 5.41. The number of rotatable bonds is 4. The number of amides is 1. The number of nitrogens with one attached hydrogen (secondary N) is 1. The minimum atomic E-state index is -0.572. The molecule has 1 rings (SSSR count). The van der Waals surface area contributed by atoms with E-state index >= 15 is 0 Å². The van der Waals surface area contributed by atoms with Crippen LogP contribution in [0.2, 0.25) is 5.02 Å². The Morgan fingerprint density at radius 2 is 2.00 bits per heavy atom. The van der Waals surface area contributed by atoms with Crippen molar-refractivity contribution in [3.05, 3.63) is 34.9 Å². The summed E-state index contributed by atoms with van der Waals surface area (Å²) in [6, 6.07) is 7.35. The SMILES string of the molecule is CC(NC(=O)C(C)(C)CCl)c1ccccc1Cl. The molecule has 1 amide bonds. The molecule has 0 fully saturated rings. The lowest BCUT2D eigenvalue weighted by atomic mass is 9.94. The second-order valence-electron chi connectivity index (χ2n) is 4.73. The van der Waals surface area contributed by atoms with E-state index in [-0.39, 0.29) is 17.8 Å². The molecule has 17 heavy (non-hydrogen) atoms. The Hall–Kier alpha value is -0.730. The predicted octanol–water partition coefficient (Wildman–Crippen LogP) is 3.78. The van der Waals surface area contributed by atoms with Gasteiger partial charge in [-0.2, -0.15) is 0 Å². The third kappa shape index (κ3) is 3.62. The summed E-state index contributed by atoms with van der Waals surface area (Å²) < 4.78 is 0. The molecule has 1 aromatic carbocycles. The van der Waals surface area contributed by atoms with Gasteiger partial charge in [-0.15, -0.1) is 11.6 Å². The van der Waals surface area contributed by atoms with Gasteiger partial charge < -0.3 is 5.32 Å². The third-order valence-corrected chi connectivity index (χ3v) is 3.68. The van der Waals surface area contributed by atoms with Crippen molar-refractivity contribution in [3.8, 4) is 0 Å². The van der Waals surface area contributed by atoms with Crippen LogP contribution in [0.15, 0.2) is 24.3 Å². The molecule has 0 aromatic heterocycles. The molecule has 0 aliphatic rings. The topological polar surface area (TPSA) is 29.1 Å². The summed E-state index contributed by atoms with van der Waals surface area (Å²) in [7, 11) is 0. The third-order valence-electron chi connectivity index (χ3n) is 2.67. The normalized spacial score (nSPS) is 13.2. The van der Waals surface area contributed by atoms with E-state index in [9.17, 15) is 4.79 Å². The van der Waals surface area contributed by atoms with Crippen molar-refractivity contribution in [1.82, 2.24) is 5.32 Å². The lowest BCUT2D eigenvalue weighted by Gasteiger charge is -2.24. The van der Waals surface area contributed by atoms with Crippen molar-refractivity contribution in [2.24, 2.45) is 5.41 Å². The zero-order chi connectivity index (χ0) is 13.1. The molecule has 0 saturated carbocycles. The van der Waals surface area contributed by atoms with Crippen LogP contribution in [0.25, 0.3) is 0 Å². The van der Waals surface area contributed by atoms with Crippen LogP contribution in [0.1, 0.15) is 32.4 Å².